The Kier molecular flexibility index (Phi) is 7.49. The number of carbonyl (C=O) groups is 2. The number of halogens is 7. The Bertz CT molecular complexity index is 993. The molecule has 1 N–H and O–H groups in total. The number of hydrogen-bond donors (Lipinski definition) is 1. The molecular weight excluding hydrogens is 518 g/mol. The molecule has 0 radical (unpaired) electrons. The molecule has 30 heavy (non-hydrogen) atoms. The van der Waals surface area contributed by atoms with Crippen LogP contribution >= 0.6 is 69.6 Å². The smallest absolute Gasteiger partial charge is 0.231 e. The average Bonchev–Trinajstić information content (AvgIpc) is 3.23. The first-order chi connectivity index (χ1) is 14.1. The molecule has 2 aromatic carbocycles. The van der Waals surface area contributed by atoms with Gasteiger partial charge in [0.15, 0.2) is 5.78 Å². The predicted octanol–water partition coefficient (Wildman–Crippen LogP) is 7.76. The first kappa shape index (κ1) is 23.9. The van der Waals surface area contributed by atoms with Gasteiger partial charge in [0.05, 0.1) is 28.3 Å². The van der Waals surface area contributed by atoms with Crippen molar-refractivity contribution in [3.05, 3.63) is 61.5 Å². The number of carbonyl (C=O) groups excluding carboxylic acids is 2. The van der Waals surface area contributed by atoms with Crippen molar-refractivity contribution in [1.82, 2.24) is 0 Å². The standard InChI is InChI=1S/C20H14Cl6FNO2/c21-10-4-9(5-11(22)6-10)17-18(20(17,25)26)19(30)28-15-7-12(13(23)8-14(15)24)16(29)2-1-3-27/h4-8,17-18H,1-3H2,(H,28,30). The maximum absolute atomic E-state index is 12.9. The van der Waals surface area contributed by atoms with Crippen molar-refractivity contribution < 1.29 is 14.0 Å². The van der Waals surface area contributed by atoms with E-state index in [9.17, 15) is 14.0 Å². The maximum atomic E-state index is 12.9. The lowest BCUT2D eigenvalue weighted by atomic mass is 10.1. The van der Waals surface area contributed by atoms with E-state index in [-0.39, 0.29) is 39.9 Å². The van der Waals surface area contributed by atoms with Crippen molar-refractivity contribution in [3.8, 4) is 0 Å². The van der Waals surface area contributed by atoms with Crippen molar-refractivity contribution in [1.29, 1.82) is 0 Å². The quantitative estimate of drug-likeness (QED) is 0.293. The lowest BCUT2D eigenvalue weighted by molar-refractivity contribution is -0.117. The van der Waals surface area contributed by atoms with Gasteiger partial charge in [-0.3, -0.25) is 14.0 Å². The molecular formula is C20H14Cl6FNO2. The monoisotopic (exact) mass is 529 g/mol. The van der Waals surface area contributed by atoms with Gasteiger partial charge in [-0.05, 0) is 42.3 Å². The third-order valence-corrected chi connectivity index (χ3v) is 6.73. The average molecular weight is 532 g/mol. The minimum atomic E-state index is -1.36. The van der Waals surface area contributed by atoms with Crippen LogP contribution in [-0.4, -0.2) is 22.7 Å². The highest BCUT2D eigenvalue weighted by Gasteiger charge is 2.67. The lowest BCUT2D eigenvalue weighted by Crippen LogP contribution is -2.18. The van der Waals surface area contributed by atoms with Gasteiger partial charge in [0.1, 0.15) is 4.33 Å². The van der Waals surface area contributed by atoms with E-state index in [1.807, 2.05) is 0 Å². The summed E-state index contributed by atoms with van der Waals surface area (Å²) in [6.45, 7) is -0.620. The number of amides is 1. The fourth-order valence-corrected chi connectivity index (χ4v) is 5.16. The highest BCUT2D eigenvalue weighted by atomic mass is 35.5. The van der Waals surface area contributed by atoms with Crippen molar-refractivity contribution in [2.75, 3.05) is 12.0 Å². The summed E-state index contributed by atoms with van der Waals surface area (Å²) in [5.74, 6) is -2.18. The van der Waals surface area contributed by atoms with Crippen LogP contribution in [0.15, 0.2) is 30.3 Å². The van der Waals surface area contributed by atoms with Gasteiger partial charge in [-0.25, -0.2) is 0 Å². The Labute approximate surface area is 202 Å². The van der Waals surface area contributed by atoms with Gasteiger partial charge in [0, 0.05) is 27.9 Å². The van der Waals surface area contributed by atoms with Gasteiger partial charge in [-0.2, -0.15) is 0 Å². The molecule has 1 saturated carbocycles. The largest absolute Gasteiger partial charge is 0.324 e. The molecule has 0 bridgehead atoms. The van der Waals surface area contributed by atoms with E-state index in [1.54, 1.807) is 18.2 Å². The van der Waals surface area contributed by atoms with Crippen LogP contribution in [0.5, 0.6) is 0 Å². The molecule has 0 heterocycles. The third kappa shape index (κ3) is 5.01. The van der Waals surface area contributed by atoms with E-state index in [2.05, 4.69) is 5.32 Å². The molecule has 160 valence electrons. The lowest BCUT2D eigenvalue weighted by Gasteiger charge is -2.11. The highest BCUT2D eigenvalue weighted by molar-refractivity contribution is 6.53. The molecule has 0 saturated heterocycles. The van der Waals surface area contributed by atoms with Crippen molar-refractivity contribution in [2.24, 2.45) is 5.92 Å². The zero-order valence-electron chi connectivity index (χ0n) is 15.1. The molecule has 1 aliphatic rings. The zero-order chi connectivity index (χ0) is 22.2. The van der Waals surface area contributed by atoms with E-state index in [0.717, 1.165) is 0 Å². The van der Waals surface area contributed by atoms with Gasteiger partial charge in [0.2, 0.25) is 5.91 Å². The summed E-state index contributed by atoms with van der Waals surface area (Å²) < 4.78 is 11.0. The van der Waals surface area contributed by atoms with Gasteiger partial charge < -0.3 is 5.32 Å². The van der Waals surface area contributed by atoms with E-state index in [0.29, 0.717) is 15.6 Å². The molecule has 0 spiro atoms. The van der Waals surface area contributed by atoms with Crippen LogP contribution in [0.2, 0.25) is 20.1 Å². The molecule has 3 nitrogen and oxygen atoms in total. The Hall–Kier alpha value is -0.750. The molecule has 1 fully saturated rings. The summed E-state index contributed by atoms with van der Waals surface area (Å²) in [5.41, 5.74) is 0.942. The van der Waals surface area contributed by atoms with Gasteiger partial charge in [-0.15, -0.1) is 23.2 Å². The first-order valence-corrected chi connectivity index (χ1v) is 11.1. The van der Waals surface area contributed by atoms with Gasteiger partial charge >= 0.3 is 0 Å². The SMILES string of the molecule is O=C(CCCF)c1cc(NC(=O)C2C(c3cc(Cl)cc(Cl)c3)C2(Cl)Cl)c(Cl)cc1Cl. The Morgan fingerprint density at radius 3 is 2.20 bits per heavy atom. The summed E-state index contributed by atoms with van der Waals surface area (Å²) in [4.78, 5) is 25.1. The number of ketones is 1. The van der Waals surface area contributed by atoms with Crippen LogP contribution in [0.4, 0.5) is 10.1 Å². The Morgan fingerprint density at radius 1 is 0.967 bits per heavy atom. The molecule has 1 aliphatic carbocycles. The van der Waals surface area contributed by atoms with E-state index < -0.39 is 28.8 Å². The van der Waals surface area contributed by atoms with Crippen LogP contribution in [0, 0.1) is 5.92 Å². The first-order valence-electron chi connectivity index (χ1n) is 8.79. The van der Waals surface area contributed by atoms with Crippen LogP contribution in [-0.2, 0) is 4.79 Å². The molecule has 0 aliphatic heterocycles. The maximum Gasteiger partial charge on any atom is 0.231 e. The van der Waals surface area contributed by atoms with Crippen LogP contribution < -0.4 is 5.32 Å². The van der Waals surface area contributed by atoms with Gasteiger partial charge in [0.25, 0.3) is 0 Å². The molecule has 2 unspecified atom stereocenters. The highest BCUT2D eigenvalue weighted by Crippen LogP contribution is 2.65. The van der Waals surface area contributed by atoms with Crippen molar-refractivity contribution in [3.63, 3.8) is 0 Å². The number of Topliss-reactive ketones (excluding diaryl/α,β-unsaturated/α-hetero) is 1. The molecule has 0 aromatic heterocycles. The van der Waals surface area contributed by atoms with Crippen molar-refractivity contribution >= 4 is 87.0 Å². The molecule has 2 atom stereocenters. The summed E-state index contributed by atoms with van der Waals surface area (Å²) >= 11 is 37.0. The minimum absolute atomic E-state index is 0.0159. The summed E-state index contributed by atoms with van der Waals surface area (Å²) in [5, 5.41) is 3.68. The van der Waals surface area contributed by atoms with E-state index in [4.69, 9.17) is 69.6 Å². The van der Waals surface area contributed by atoms with Crippen LogP contribution in [0.25, 0.3) is 0 Å². The van der Waals surface area contributed by atoms with E-state index >= 15 is 0 Å². The minimum Gasteiger partial charge on any atom is -0.324 e. The second-order valence-corrected chi connectivity index (χ2v) is 9.98. The second-order valence-electron chi connectivity index (χ2n) is 6.85. The molecule has 1 amide bonds. The van der Waals surface area contributed by atoms with Crippen molar-refractivity contribution in [2.45, 2.75) is 23.1 Å². The molecule has 3 rings (SSSR count). The number of rotatable bonds is 7. The van der Waals surface area contributed by atoms with Gasteiger partial charge in [-0.1, -0.05) is 46.4 Å². The third-order valence-electron chi connectivity index (χ3n) is 4.73. The summed E-state index contributed by atoms with van der Waals surface area (Å²) in [6.07, 6.45) is 0.0599. The fraction of sp³-hybridized carbons (Fsp3) is 0.300. The zero-order valence-corrected chi connectivity index (χ0v) is 19.7. The van der Waals surface area contributed by atoms with E-state index in [1.165, 1.54) is 12.1 Å². The predicted molar refractivity (Wildman–Crippen MR) is 122 cm³/mol. The topological polar surface area (TPSA) is 46.2 Å². The number of alkyl halides is 3. The number of nitrogens with one attached hydrogen (secondary N) is 1. The number of benzene rings is 2. The summed E-state index contributed by atoms with van der Waals surface area (Å²) in [6, 6.07) is 7.55. The Balaban J connectivity index is 1.83. The summed E-state index contributed by atoms with van der Waals surface area (Å²) in [7, 11) is 0. The second kappa shape index (κ2) is 9.40. The normalized spacial score (nSPS) is 19.4. The van der Waals surface area contributed by atoms with Crippen LogP contribution in [0.1, 0.15) is 34.7 Å². The van der Waals surface area contributed by atoms with Crippen LogP contribution in [0.3, 0.4) is 0 Å². The molecule has 10 heteroatoms. The Morgan fingerprint density at radius 2 is 1.60 bits per heavy atom. The number of hydrogen-bond acceptors (Lipinski definition) is 2. The number of anilines is 1. The fourth-order valence-electron chi connectivity index (χ4n) is 3.25. The molecule has 2 aromatic rings.